The van der Waals surface area contributed by atoms with E-state index in [0.29, 0.717) is 17.6 Å². The van der Waals surface area contributed by atoms with Crippen LogP contribution in [0.1, 0.15) is 65.5 Å². The van der Waals surface area contributed by atoms with Crippen molar-refractivity contribution in [2.45, 2.75) is 66.2 Å². The van der Waals surface area contributed by atoms with E-state index in [4.69, 9.17) is 5.26 Å². The molecule has 0 aromatic heterocycles. The third-order valence-corrected chi connectivity index (χ3v) is 5.97. The minimum absolute atomic E-state index is 0.195. The van der Waals surface area contributed by atoms with Crippen molar-refractivity contribution in [2.24, 2.45) is 0 Å². The van der Waals surface area contributed by atoms with Crippen LogP contribution in [0.2, 0.25) is 0 Å². The van der Waals surface area contributed by atoms with Crippen molar-refractivity contribution in [3.63, 3.8) is 0 Å². The van der Waals surface area contributed by atoms with E-state index in [1.54, 1.807) is 19.9 Å². The van der Waals surface area contributed by atoms with E-state index in [2.05, 4.69) is 32.9 Å². The Morgan fingerprint density at radius 2 is 1.60 bits per heavy atom. The van der Waals surface area contributed by atoms with Crippen molar-refractivity contribution in [1.29, 1.82) is 5.26 Å². The van der Waals surface area contributed by atoms with Crippen LogP contribution in [0.15, 0.2) is 69.2 Å². The molecule has 0 bridgehead atoms. The van der Waals surface area contributed by atoms with Crippen LogP contribution in [0.3, 0.4) is 0 Å². The van der Waals surface area contributed by atoms with Gasteiger partial charge in [0.1, 0.15) is 17.0 Å². The molecule has 0 aliphatic carbocycles. The lowest BCUT2D eigenvalue weighted by Crippen LogP contribution is -1.93. The summed E-state index contributed by atoms with van der Waals surface area (Å²) in [6, 6.07) is 2.75. The van der Waals surface area contributed by atoms with Crippen molar-refractivity contribution < 1.29 is 8.78 Å². The smallest absolute Gasteiger partial charge is 0.138 e. The average Bonchev–Trinajstić information content (AvgIpc) is 2.73. The molecule has 0 saturated carbocycles. The Morgan fingerprint density at radius 1 is 1.00 bits per heavy atom. The molecule has 0 saturated heterocycles. The van der Waals surface area contributed by atoms with E-state index in [1.165, 1.54) is 5.57 Å². The average molecular weight is 428 g/mol. The van der Waals surface area contributed by atoms with Gasteiger partial charge < -0.3 is 0 Å². The lowest BCUT2D eigenvalue weighted by atomic mass is 9.98. The van der Waals surface area contributed by atoms with Gasteiger partial charge in [-0.1, -0.05) is 43.7 Å². The van der Waals surface area contributed by atoms with Crippen LogP contribution < -0.4 is 0 Å². The highest BCUT2D eigenvalue weighted by atomic mass is 32.2. The first-order chi connectivity index (χ1) is 14.2. The summed E-state index contributed by atoms with van der Waals surface area (Å²) in [6.45, 7) is 13.7. The molecule has 0 amide bonds. The molecule has 0 N–H and O–H groups in total. The molecule has 0 fully saturated rings. The molecule has 1 aromatic carbocycles. The molecule has 0 aliphatic heterocycles. The second-order valence-electron chi connectivity index (χ2n) is 7.35. The summed E-state index contributed by atoms with van der Waals surface area (Å²) in [7, 11) is 0. The van der Waals surface area contributed by atoms with E-state index >= 15 is 4.39 Å². The molecule has 1 nitrogen and oxygen atoms in total. The number of benzene rings is 1. The maximum absolute atomic E-state index is 15.1. The summed E-state index contributed by atoms with van der Waals surface area (Å²) in [5.41, 5.74) is 5.66. The number of hydrogen-bond acceptors (Lipinski definition) is 2. The van der Waals surface area contributed by atoms with Crippen molar-refractivity contribution in [2.75, 3.05) is 0 Å². The lowest BCUT2D eigenvalue weighted by molar-refractivity contribution is 0.597. The van der Waals surface area contributed by atoms with Gasteiger partial charge >= 0.3 is 0 Å². The highest BCUT2D eigenvalue weighted by molar-refractivity contribution is 8.03. The van der Waals surface area contributed by atoms with Gasteiger partial charge in [0.25, 0.3) is 0 Å². The van der Waals surface area contributed by atoms with Gasteiger partial charge in [0.2, 0.25) is 0 Å². The third-order valence-electron chi connectivity index (χ3n) is 5.15. The standard InChI is InChI=1S/C26H31F2NS/c1-8-17(3)10-11-18(4)19(5)12-13-22(9-2)21(7)25(28)23-14-20(6)26(30-16-29)24(27)15-23/h10-15H,8-9H2,1-7H3/b17-10-,18-11+,19-12+,22-13+,25-21-. The number of nitrogens with zero attached hydrogens (tertiary/aromatic N) is 1. The first-order valence-electron chi connectivity index (χ1n) is 10.1. The Morgan fingerprint density at radius 3 is 2.10 bits per heavy atom. The fourth-order valence-corrected chi connectivity index (χ4v) is 3.24. The van der Waals surface area contributed by atoms with Crippen LogP contribution in [0, 0.1) is 23.4 Å². The molecule has 0 spiro atoms. The monoisotopic (exact) mass is 427 g/mol. The lowest BCUT2D eigenvalue weighted by Gasteiger charge is -2.11. The second-order valence-corrected chi connectivity index (χ2v) is 8.14. The fraction of sp³-hybridized carbons (Fsp3) is 0.346. The molecule has 1 aromatic rings. The van der Waals surface area contributed by atoms with Crippen LogP contribution in [0.4, 0.5) is 8.78 Å². The van der Waals surface area contributed by atoms with Gasteiger partial charge in [-0.15, -0.1) is 0 Å². The van der Waals surface area contributed by atoms with Gasteiger partial charge in [0, 0.05) is 5.56 Å². The highest BCUT2D eigenvalue weighted by Crippen LogP contribution is 2.32. The molecule has 0 heterocycles. The normalized spacial score (nSPS) is 14.5. The van der Waals surface area contributed by atoms with Crippen LogP contribution in [-0.2, 0) is 0 Å². The summed E-state index contributed by atoms with van der Waals surface area (Å²) in [6.07, 6.45) is 9.82. The molecule has 0 radical (unpaired) electrons. The number of thiocyanates is 1. The van der Waals surface area contributed by atoms with E-state index < -0.39 is 11.6 Å². The van der Waals surface area contributed by atoms with Gasteiger partial charge in [-0.05, 0) is 99.2 Å². The van der Waals surface area contributed by atoms with Crippen LogP contribution in [0.25, 0.3) is 5.83 Å². The van der Waals surface area contributed by atoms with E-state index in [1.807, 2.05) is 31.4 Å². The summed E-state index contributed by atoms with van der Waals surface area (Å²) in [5, 5.41) is 10.7. The summed E-state index contributed by atoms with van der Waals surface area (Å²) < 4.78 is 29.4. The van der Waals surface area contributed by atoms with E-state index in [-0.39, 0.29) is 10.5 Å². The largest absolute Gasteiger partial charge is 0.206 e. The van der Waals surface area contributed by atoms with Crippen LogP contribution in [0.5, 0.6) is 0 Å². The summed E-state index contributed by atoms with van der Waals surface area (Å²) >= 11 is 0.753. The fourth-order valence-electron chi connectivity index (χ4n) is 2.77. The van der Waals surface area contributed by atoms with Gasteiger partial charge in [-0.2, -0.15) is 5.26 Å². The topological polar surface area (TPSA) is 23.8 Å². The molecular formula is C26H31F2NS. The maximum Gasteiger partial charge on any atom is 0.138 e. The number of thioether (sulfide) groups is 1. The number of allylic oxidation sites excluding steroid dienone is 9. The minimum Gasteiger partial charge on any atom is -0.206 e. The molecule has 0 aliphatic rings. The van der Waals surface area contributed by atoms with Gasteiger partial charge in [0.15, 0.2) is 0 Å². The molecule has 0 unspecified atom stereocenters. The second kappa shape index (κ2) is 12.3. The van der Waals surface area contributed by atoms with E-state index in [9.17, 15) is 4.39 Å². The zero-order valence-electron chi connectivity index (χ0n) is 19.0. The first-order valence-corrected chi connectivity index (χ1v) is 10.9. The molecular weight excluding hydrogens is 396 g/mol. The van der Waals surface area contributed by atoms with Crippen molar-refractivity contribution in [3.8, 4) is 5.40 Å². The molecule has 1 rings (SSSR count). The maximum atomic E-state index is 15.1. The quantitative estimate of drug-likeness (QED) is 0.235. The minimum atomic E-state index is -0.576. The number of aryl methyl sites for hydroxylation is 1. The van der Waals surface area contributed by atoms with Crippen molar-refractivity contribution in [3.05, 3.63) is 81.2 Å². The first kappa shape index (κ1) is 25.7. The molecule has 4 heteroatoms. The molecule has 0 atom stereocenters. The predicted molar refractivity (Wildman–Crippen MR) is 126 cm³/mol. The zero-order valence-corrected chi connectivity index (χ0v) is 19.8. The SMILES string of the molecule is CC\C(C)=C/C=C(C)/C(C)=C/C=C(CC)/C(C)=C(\F)c1cc(C)c(SC#N)c(F)c1. The molecule has 30 heavy (non-hydrogen) atoms. The highest BCUT2D eigenvalue weighted by Gasteiger charge is 2.14. The number of hydrogen-bond donors (Lipinski definition) is 0. The van der Waals surface area contributed by atoms with Crippen LogP contribution >= 0.6 is 11.8 Å². The Balaban J connectivity index is 3.29. The van der Waals surface area contributed by atoms with Crippen molar-refractivity contribution >= 4 is 17.6 Å². The molecule has 160 valence electrons. The number of halogens is 2. The van der Waals surface area contributed by atoms with Gasteiger partial charge in [0.05, 0.1) is 4.90 Å². The Hall–Kier alpha value is -2.38. The van der Waals surface area contributed by atoms with E-state index in [0.717, 1.165) is 41.0 Å². The number of nitriles is 1. The summed E-state index contributed by atoms with van der Waals surface area (Å²) in [4.78, 5) is 0.242. The van der Waals surface area contributed by atoms with Gasteiger partial charge in [-0.3, -0.25) is 0 Å². The Kier molecular flexibility index (Phi) is 10.6. The number of rotatable bonds is 8. The Bertz CT molecular complexity index is 946. The van der Waals surface area contributed by atoms with Gasteiger partial charge in [-0.25, -0.2) is 8.78 Å². The van der Waals surface area contributed by atoms with Crippen molar-refractivity contribution in [1.82, 2.24) is 0 Å². The van der Waals surface area contributed by atoms with Crippen LogP contribution in [-0.4, -0.2) is 0 Å². The zero-order chi connectivity index (χ0) is 22.8. The predicted octanol–water partition coefficient (Wildman–Crippen LogP) is 8.99. The summed E-state index contributed by atoms with van der Waals surface area (Å²) in [5.74, 6) is -1.02. The third kappa shape index (κ3) is 7.15. The Labute approximate surface area is 184 Å².